The molecule has 178 valence electrons. The average molecular weight is 468 g/mol. The first-order valence-electron chi connectivity index (χ1n) is 11.9. The number of nitrogens with zero attached hydrogens (tertiary/aromatic N) is 4. The molecule has 1 saturated heterocycles. The predicted octanol–water partition coefficient (Wildman–Crippen LogP) is 4.36. The molecule has 1 aromatic carbocycles. The number of carbonyl (C=O) groups excluding carboxylic acids is 1. The minimum absolute atomic E-state index is 0.0623. The van der Waals surface area contributed by atoms with Crippen LogP contribution in [0.4, 0.5) is 0 Å². The Hall–Kier alpha value is -3.84. The normalized spacial score (nSPS) is 15.2. The smallest absolute Gasteiger partial charge is 0.255 e. The number of benzene rings is 1. The van der Waals surface area contributed by atoms with Crippen LogP contribution in [0.3, 0.4) is 0 Å². The third-order valence-corrected chi connectivity index (χ3v) is 6.81. The summed E-state index contributed by atoms with van der Waals surface area (Å²) in [6.07, 6.45) is 6.81. The maximum Gasteiger partial charge on any atom is 0.255 e. The number of aliphatic hydroxyl groups is 1. The number of hydrogen-bond donors (Lipinski definition) is 2. The van der Waals surface area contributed by atoms with Crippen molar-refractivity contribution < 1.29 is 9.90 Å². The Balaban J connectivity index is 1.30. The molecule has 1 aliphatic heterocycles. The molecule has 0 saturated carbocycles. The minimum atomic E-state index is -0.784. The van der Waals surface area contributed by atoms with Gasteiger partial charge in [-0.2, -0.15) is 0 Å². The lowest BCUT2D eigenvalue weighted by Crippen LogP contribution is -2.47. The fourth-order valence-electron chi connectivity index (χ4n) is 4.58. The summed E-state index contributed by atoms with van der Waals surface area (Å²) in [5, 5.41) is 11.1. The molecule has 7 nitrogen and oxygen atoms in total. The van der Waals surface area contributed by atoms with Gasteiger partial charge in [0.05, 0.1) is 16.9 Å². The molecule has 4 heterocycles. The Morgan fingerprint density at radius 2 is 1.83 bits per heavy atom. The molecule has 0 bridgehead atoms. The van der Waals surface area contributed by atoms with Crippen LogP contribution in [0.1, 0.15) is 40.2 Å². The van der Waals surface area contributed by atoms with E-state index < -0.39 is 5.60 Å². The largest absolute Gasteiger partial charge is 0.389 e. The molecule has 35 heavy (non-hydrogen) atoms. The Kier molecular flexibility index (Phi) is 6.17. The Morgan fingerprint density at radius 1 is 1.06 bits per heavy atom. The summed E-state index contributed by atoms with van der Waals surface area (Å²) in [4.78, 5) is 31.7. The van der Waals surface area contributed by atoms with Gasteiger partial charge in [0.15, 0.2) is 5.82 Å². The van der Waals surface area contributed by atoms with E-state index in [-0.39, 0.29) is 5.91 Å². The van der Waals surface area contributed by atoms with Crippen LogP contribution in [0.5, 0.6) is 0 Å². The van der Waals surface area contributed by atoms with Gasteiger partial charge in [0.1, 0.15) is 5.69 Å². The van der Waals surface area contributed by atoms with E-state index in [1.54, 1.807) is 18.6 Å². The number of imidazole rings is 1. The molecule has 2 N–H and O–H groups in total. The third kappa shape index (κ3) is 5.00. The van der Waals surface area contributed by atoms with Gasteiger partial charge in [0.25, 0.3) is 5.91 Å². The third-order valence-electron chi connectivity index (χ3n) is 6.81. The fraction of sp³-hybridized carbons (Fsp3) is 0.286. The van der Waals surface area contributed by atoms with Crippen molar-refractivity contribution in [3.63, 3.8) is 0 Å². The van der Waals surface area contributed by atoms with Gasteiger partial charge in [0.2, 0.25) is 0 Å². The number of H-pyrrole nitrogens is 1. The summed E-state index contributed by atoms with van der Waals surface area (Å²) in [5.41, 5.74) is 5.33. The van der Waals surface area contributed by atoms with Crippen molar-refractivity contribution >= 4 is 5.91 Å². The van der Waals surface area contributed by atoms with E-state index in [4.69, 9.17) is 0 Å². The highest BCUT2D eigenvalue weighted by molar-refractivity contribution is 5.95. The number of aryl methyl sites for hydroxylation is 2. The minimum Gasteiger partial charge on any atom is -0.389 e. The first-order valence-corrected chi connectivity index (χ1v) is 11.9. The van der Waals surface area contributed by atoms with Gasteiger partial charge in [-0.1, -0.05) is 30.3 Å². The molecule has 7 heteroatoms. The number of nitrogens with one attached hydrogen (secondary N) is 1. The van der Waals surface area contributed by atoms with E-state index in [2.05, 4.69) is 19.9 Å². The molecule has 1 amide bonds. The summed E-state index contributed by atoms with van der Waals surface area (Å²) in [7, 11) is 0. The van der Waals surface area contributed by atoms with Gasteiger partial charge >= 0.3 is 0 Å². The van der Waals surface area contributed by atoms with Gasteiger partial charge < -0.3 is 15.0 Å². The lowest BCUT2D eigenvalue weighted by atomic mass is 9.85. The monoisotopic (exact) mass is 467 g/mol. The summed E-state index contributed by atoms with van der Waals surface area (Å²) in [6, 6.07) is 15.7. The molecular weight excluding hydrogens is 438 g/mol. The van der Waals surface area contributed by atoms with Gasteiger partial charge in [-0.3, -0.25) is 14.8 Å². The zero-order valence-electron chi connectivity index (χ0n) is 20.0. The van der Waals surface area contributed by atoms with Gasteiger partial charge in [-0.25, -0.2) is 4.98 Å². The molecule has 3 aromatic heterocycles. The summed E-state index contributed by atoms with van der Waals surface area (Å²) in [5.74, 6) is 0.658. The fourth-order valence-corrected chi connectivity index (χ4v) is 4.58. The van der Waals surface area contributed by atoms with E-state index in [1.165, 1.54) is 0 Å². The van der Waals surface area contributed by atoms with Crippen molar-refractivity contribution in [2.24, 2.45) is 0 Å². The zero-order chi connectivity index (χ0) is 24.4. The number of pyridine rings is 2. The van der Waals surface area contributed by atoms with Crippen LogP contribution in [0.2, 0.25) is 0 Å². The van der Waals surface area contributed by atoms with Crippen LogP contribution in [0.25, 0.3) is 22.6 Å². The SMILES string of the molecule is Cc1nc(-c2cc(-c3cncc(C(=O)N4CCC(O)(Cc5ccccc5)CC4)c3)ccn2)[nH]c1C. The predicted molar refractivity (Wildman–Crippen MR) is 135 cm³/mol. The van der Waals surface area contributed by atoms with Gasteiger partial charge in [-0.15, -0.1) is 0 Å². The quantitative estimate of drug-likeness (QED) is 0.455. The number of piperidine rings is 1. The van der Waals surface area contributed by atoms with E-state index in [9.17, 15) is 9.90 Å². The van der Waals surface area contributed by atoms with Crippen LogP contribution in [0, 0.1) is 13.8 Å². The average Bonchev–Trinajstić information content (AvgIpc) is 3.23. The number of amides is 1. The highest BCUT2D eigenvalue weighted by atomic mass is 16.3. The van der Waals surface area contributed by atoms with Crippen LogP contribution >= 0.6 is 0 Å². The summed E-state index contributed by atoms with van der Waals surface area (Å²) >= 11 is 0. The van der Waals surface area contributed by atoms with Crippen molar-refractivity contribution in [2.45, 2.75) is 38.7 Å². The van der Waals surface area contributed by atoms with Crippen LogP contribution < -0.4 is 0 Å². The van der Waals surface area contributed by atoms with E-state index >= 15 is 0 Å². The maximum absolute atomic E-state index is 13.3. The highest BCUT2D eigenvalue weighted by Gasteiger charge is 2.34. The first-order chi connectivity index (χ1) is 16.9. The second-order valence-corrected chi connectivity index (χ2v) is 9.37. The van der Waals surface area contributed by atoms with Crippen LogP contribution in [0.15, 0.2) is 67.1 Å². The van der Waals surface area contributed by atoms with Crippen molar-refractivity contribution in [1.82, 2.24) is 24.8 Å². The van der Waals surface area contributed by atoms with Gasteiger partial charge in [-0.05, 0) is 56.0 Å². The number of carbonyl (C=O) groups is 1. The van der Waals surface area contributed by atoms with E-state index in [1.807, 2.05) is 67.3 Å². The van der Waals surface area contributed by atoms with Gasteiger partial charge in [0, 0.05) is 49.4 Å². The molecule has 0 unspecified atom stereocenters. The molecule has 0 atom stereocenters. The number of likely N-dealkylation sites (tertiary alicyclic amines) is 1. The number of aromatic nitrogens is 4. The second kappa shape index (κ2) is 9.43. The molecule has 1 aliphatic rings. The second-order valence-electron chi connectivity index (χ2n) is 9.37. The lowest BCUT2D eigenvalue weighted by Gasteiger charge is -2.38. The lowest BCUT2D eigenvalue weighted by molar-refractivity contribution is -0.0162. The Labute approximate surface area is 204 Å². The van der Waals surface area contributed by atoms with Crippen molar-refractivity contribution in [3.05, 3.63) is 89.6 Å². The standard InChI is InChI=1S/C28H29N5O2/c1-19-20(2)32-26(31-19)25-15-22(8-11-30-25)23-14-24(18-29-17-23)27(34)33-12-9-28(35,10-13-33)16-21-6-4-3-5-7-21/h3-8,11,14-15,17-18,35H,9-10,12-13,16H2,1-2H3,(H,31,32). The molecule has 0 spiro atoms. The molecule has 0 aliphatic carbocycles. The first kappa shape index (κ1) is 22.9. The topological polar surface area (TPSA) is 95.0 Å². The van der Waals surface area contributed by atoms with Crippen LogP contribution in [-0.4, -0.2) is 54.5 Å². The van der Waals surface area contributed by atoms with Crippen molar-refractivity contribution in [1.29, 1.82) is 0 Å². The molecule has 1 fully saturated rings. The van der Waals surface area contributed by atoms with E-state index in [0.717, 1.165) is 39.6 Å². The zero-order valence-corrected chi connectivity index (χ0v) is 20.0. The Morgan fingerprint density at radius 3 is 2.54 bits per heavy atom. The van der Waals surface area contributed by atoms with Crippen molar-refractivity contribution in [3.8, 4) is 22.6 Å². The summed E-state index contributed by atoms with van der Waals surface area (Å²) < 4.78 is 0. The molecule has 4 aromatic rings. The number of aromatic amines is 1. The molecule has 5 rings (SSSR count). The summed E-state index contributed by atoms with van der Waals surface area (Å²) in [6.45, 7) is 4.98. The highest BCUT2D eigenvalue weighted by Crippen LogP contribution is 2.28. The van der Waals surface area contributed by atoms with Crippen LogP contribution in [-0.2, 0) is 6.42 Å². The molecule has 0 radical (unpaired) electrons. The number of rotatable bonds is 5. The Bertz CT molecular complexity index is 1320. The van der Waals surface area contributed by atoms with E-state index in [0.29, 0.717) is 37.9 Å². The number of hydrogen-bond acceptors (Lipinski definition) is 5. The van der Waals surface area contributed by atoms with Crippen molar-refractivity contribution in [2.75, 3.05) is 13.1 Å². The maximum atomic E-state index is 13.3. The molecular formula is C28H29N5O2.